The molecule has 2 aromatic rings. The van der Waals surface area contributed by atoms with Gasteiger partial charge in [0.1, 0.15) is 5.75 Å². The van der Waals surface area contributed by atoms with Gasteiger partial charge in [0, 0.05) is 6.54 Å². The molecule has 0 saturated carbocycles. The summed E-state index contributed by atoms with van der Waals surface area (Å²) in [4.78, 5) is 23.6. The van der Waals surface area contributed by atoms with Gasteiger partial charge in [0.25, 0.3) is 5.91 Å². The normalized spacial score (nSPS) is 11.5. The summed E-state index contributed by atoms with van der Waals surface area (Å²) in [6.07, 6.45) is 0.459. The van der Waals surface area contributed by atoms with Gasteiger partial charge in [-0.15, -0.1) is 0 Å². The van der Waals surface area contributed by atoms with Crippen molar-refractivity contribution < 1.29 is 23.5 Å². The van der Waals surface area contributed by atoms with Gasteiger partial charge in [0.05, 0.1) is 13.4 Å². The lowest BCUT2D eigenvalue weighted by molar-refractivity contribution is -0.129. The molecule has 22 heavy (non-hydrogen) atoms. The lowest BCUT2D eigenvalue weighted by atomic mass is 10.2. The Morgan fingerprint density at radius 1 is 1.23 bits per heavy atom. The molecule has 0 fully saturated rings. The fourth-order valence-corrected chi connectivity index (χ4v) is 1.74. The van der Waals surface area contributed by atoms with Gasteiger partial charge in [-0.1, -0.05) is 12.1 Å². The molecule has 0 aliphatic heterocycles. The predicted octanol–water partition coefficient (Wildman–Crippen LogP) is 2.15. The third-order valence-electron chi connectivity index (χ3n) is 3.00. The van der Waals surface area contributed by atoms with Crippen LogP contribution in [0.2, 0.25) is 0 Å². The Balaban J connectivity index is 1.82. The molecule has 2 rings (SSSR count). The smallest absolute Gasteiger partial charge is 0.374 e. The van der Waals surface area contributed by atoms with E-state index >= 15 is 0 Å². The van der Waals surface area contributed by atoms with E-state index in [9.17, 15) is 9.59 Å². The van der Waals surface area contributed by atoms with Crippen LogP contribution >= 0.6 is 0 Å². The number of rotatable bonds is 6. The van der Waals surface area contributed by atoms with Crippen molar-refractivity contribution in [1.29, 1.82) is 0 Å². The number of esters is 1. The maximum absolute atomic E-state index is 11.9. The van der Waals surface area contributed by atoms with Crippen LogP contribution in [0.1, 0.15) is 23.0 Å². The van der Waals surface area contributed by atoms with E-state index in [2.05, 4.69) is 5.32 Å². The van der Waals surface area contributed by atoms with E-state index in [4.69, 9.17) is 13.9 Å². The van der Waals surface area contributed by atoms with Crippen LogP contribution in [0.5, 0.6) is 5.75 Å². The second-order valence-electron chi connectivity index (χ2n) is 4.59. The fourth-order valence-electron chi connectivity index (χ4n) is 1.74. The Kier molecular flexibility index (Phi) is 5.19. The summed E-state index contributed by atoms with van der Waals surface area (Å²) in [6, 6.07) is 10.4. The van der Waals surface area contributed by atoms with Gasteiger partial charge in [0.15, 0.2) is 6.10 Å². The molecule has 1 amide bonds. The van der Waals surface area contributed by atoms with Gasteiger partial charge in [-0.05, 0) is 36.8 Å². The van der Waals surface area contributed by atoms with E-state index in [0.29, 0.717) is 6.54 Å². The van der Waals surface area contributed by atoms with Crippen LogP contribution in [0.15, 0.2) is 47.1 Å². The molecular formula is C16H17NO5. The van der Waals surface area contributed by atoms with Gasteiger partial charge in [-0.25, -0.2) is 4.79 Å². The number of benzene rings is 1. The van der Waals surface area contributed by atoms with Gasteiger partial charge < -0.3 is 19.2 Å². The molecule has 1 atom stereocenters. The Morgan fingerprint density at radius 2 is 1.95 bits per heavy atom. The first kappa shape index (κ1) is 15.6. The van der Waals surface area contributed by atoms with Crippen LogP contribution in [0.4, 0.5) is 0 Å². The molecule has 0 aliphatic carbocycles. The molecule has 1 N–H and O–H groups in total. The highest BCUT2D eigenvalue weighted by Gasteiger charge is 2.20. The minimum atomic E-state index is -0.907. The highest BCUT2D eigenvalue weighted by Crippen LogP contribution is 2.11. The van der Waals surface area contributed by atoms with E-state index in [1.165, 1.54) is 19.3 Å². The molecule has 116 valence electrons. The molecule has 0 radical (unpaired) electrons. The standard InChI is InChI=1S/C16H17NO5/c1-11(22-16(19)14-4-3-9-21-14)15(18)17-10-12-5-7-13(20-2)8-6-12/h3-9,11H,10H2,1-2H3,(H,17,18). The summed E-state index contributed by atoms with van der Waals surface area (Å²) in [5.74, 6) is -0.238. The third kappa shape index (κ3) is 4.12. The van der Waals surface area contributed by atoms with Crippen LogP contribution < -0.4 is 10.1 Å². The quantitative estimate of drug-likeness (QED) is 0.827. The molecule has 0 spiro atoms. The summed E-state index contributed by atoms with van der Waals surface area (Å²) < 4.78 is 15.0. The van der Waals surface area contributed by atoms with Crippen LogP contribution in [0.25, 0.3) is 0 Å². The van der Waals surface area contributed by atoms with Crippen LogP contribution in [0, 0.1) is 0 Å². The second kappa shape index (κ2) is 7.31. The predicted molar refractivity (Wildman–Crippen MR) is 78.4 cm³/mol. The van der Waals surface area contributed by atoms with Crippen molar-refractivity contribution in [3.63, 3.8) is 0 Å². The number of carbonyl (C=O) groups excluding carboxylic acids is 2. The number of amides is 1. The van der Waals surface area contributed by atoms with Gasteiger partial charge in [-0.2, -0.15) is 0 Å². The Bertz CT molecular complexity index is 618. The largest absolute Gasteiger partial charge is 0.497 e. The average molecular weight is 303 g/mol. The number of methoxy groups -OCH3 is 1. The molecule has 1 aromatic heterocycles. The zero-order valence-corrected chi connectivity index (χ0v) is 12.4. The van der Waals surface area contributed by atoms with Crippen LogP contribution in [-0.4, -0.2) is 25.1 Å². The molecule has 6 heteroatoms. The zero-order valence-electron chi connectivity index (χ0n) is 12.4. The highest BCUT2D eigenvalue weighted by molar-refractivity contribution is 5.89. The van der Waals surface area contributed by atoms with E-state index in [0.717, 1.165) is 11.3 Å². The van der Waals surface area contributed by atoms with Crippen molar-refractivity contribution in [2.45, 2.75) is 19.6 Å². The molecule has 0 bridgehead atoms. The van der Waals surface area contributed by atoms with E-state index in [1.54, 1.807) is 13.2 Å². The lowest BCUT2D eigenvalue weighted by Crippen LogP contribution is -2.35. The van der Waals surface area contributed by atoms with Gasteiger partial charge in [-0.3, -0.25) is 4.79 Å². The van der Waals surface area contributed by atoms with Crippen LogP contribution in [-0.2, 0) is 16.1 Å². The van der Waals surface area contributed by atoms with E-state index in [-0.39, 0.29) is 11.7 Å². The highest BCUT2D eigenvalue weighted by atomic mass is 16.6. The summed E-state index contributed by atoms with van der Waals surface area (Å²) in [7, 11) is 1.59. The van der Waals surface area contributed by atoms with Crippen LogP contribution in [0.3, 0.4) is 0 Å². The molecule has 0 saturated heterocycles. The van der Waals surface area contributed by atoms with Crippen molar-refractivity contribution in [2.24, 2.45) is 0 Å². The molecular weight excluding hydrogens is 286 g/mol. The lowest BCUT2D eigenvalue weighted by Gasteiger charge is -2.12. The first-order valence-electron chi connectivity index (χ1n) is 6.75. The topological polar surface area (TPSA) is 77.8 Å². The molecule has 0 aliphatic rings. The summed E-state index contributed by atoms with van der Waals surface area (Å²) in [5, 5.41) is 2.70. The maximum atomic E-state index is 11.9. The fraction of sp³-hybridized carbons (Fsp3) is 0.250. The Morgan fingerprint density at radius 3 is 2.55 bits per heavy atom. The molecule has 6 nitrogen and oxygen atoms in total. The number of nitrogens with one attached hydrogen (secondary N) is 1. The number of hydrogen-bond acceptors (Lipinski definition) is 5. The van der Waals surface area contributed by atoms with Gasteiger partial charge >= 0.3 is 5.97 Å². The SMILES string of the molecule is COc1ccc(CNC(=O)C(C)OC(=O)c2ccco2)cc1. The number of ether oxygens (including phenoxy) is 2. The van der Waals surface area contributed by atoms with Crippen molar-refractivity contribution in [3.05, 3.63) is 54.0 Å². The van der Waals surface area contributed by atoms with Crippen molar-refractivity contribution in [1.82, 2.24) is 5.32 Å². The van der Waals surface area contributed by atoms with E-state index < -0.39 is 12.1 Å². The number of furan rings is 1. The third-order valence-corrected chi connectivity index (χ3v) is 3.00. The Labute approximate surface area is 128 Å². The second-order valence-corrected chi connectivity index (χ2v) is 4.59. The first-order chi connectivity index (χ1) is 10.6. The maximum Gasteiger partial charge on any atom is 0.374 e. The molecule has 1 heterocycles. The average Bonchev–Trinajstić information content (AvgIpc) is 3.07. The molecule has 1 unspecified atom stereocenters. The summed E-state index contributed by atoms with van der Waals surface area (Å²) in [6.45, 7) is 1.84. The Hall–Kier alpha value is -2.76. The van der Waals surface area contributed by atoms with Gasteiger partial charge in [0.2, 0.25) is 5.76 Å². The molecule has 1 aromatic carbocycles. The number of hydrogen-bond donors (Lipinski definition) is 1. The minimum Gasteiger partial charge on any atom is -0.497 e. The zero-order chi connectivity index (χ0) is 15.9. The van der Waals surface area contributed by atoms with Crippen molar-refractivity contribution >= 4 is 11.9 Å². The van der Waals surface area contributed by atoms with E-state index in [1.807, 2.05) is 24.3 Å². The number of carbonyl (C=O) groups is 2. The summed E-state index contributed by atoms with van der Waals surface area (Å²) in [5.41, 5.74) is 0.915. The summed E-state index contributed by atoms with van der Waals surface area (Å²) >= 11 is 0. The minimum absolute atomic E-state index is 0.0646. The monoisotopic (exact) mass is 303 g/mol. The van der Waals surface area contributed by atoms with Crippen molar-refractivity contribution in [3.8, 4) is 5.75 Å². The van der Waals surface area contributed by atoms with Crippen molar-refractivity contribution in [2.75, 3.05) is 7.11 Å². The first-order valence-corrected chi connectivity index (χ1v) is 6.75.